The number of rotatable bonds is 6. The number of hydrogen-bond acceptors (Lipinski definition) is 3. The molecule has 0 heterocycles. The Bertz CT molecular complexity index is 607. The highest BCUT2D eigenvalue weighted by Crippen LogP contribution is 2.13. The first-order valence-electron chi connectivity index (χ1n) is 8.22. The van der Waals surface area contributed by atoms with Crippen LogP contribution in [-0.2, 0) is 16.1 Å². The molecule has 1 rings (SSSR count). The molecule has 0 aromatic heterocycles. The molecule has 2 amide bonds. The van der Waals surface area contributed by atoms with Crippen molar-refractivity contribution in [1.82, 2.24) is 10.2 Å². The van der Waals surface area contributed by atoms with Gasteiger partial charge in [0.1, 0.15) is 0 Å². The fraction of sp³-hybridized carbons (Fsp3) is 0.526. The van der Waals surface area contributed by atoms with Gasteiger partial charge >= 0.3 is 0 Å². The average molecular weight is 329 g/mol. The molecule has 0 bridgehead atoms. The van der Waals surface area contributed by atoms with Gasteiger partial charge in [0.15, 0.2) is 0 Å². The number of amides is 2. The molecule has 0 atom stereocenters. The summed E-state index contributed by atoms with van der Waals surface area (Å²) in [6.07, 6.45) is 0.274. The van der Waals surface area contributed by atoms with E-state index in [2.05, 4.69) is 11.4 Å². The third-order valence-corrected chi connectivity index (χ3v) is 3.69. The molecular weight excluding hydrogens is 302 g/mol. The van der Waals surface area contributed by atoms with Gasteiger partial charge in [0.25, 0.3) is 0 Å². The van der Waals surface area contributed by atoms with E-state index in [1.165, 1.54) is 0 Å². The zero-order chi connectivity index (χ0) is 18.3. The maximum atomic E-state index is 12.5. The zero-order valence-electron chi connectivity index (χ0n) is 15.2. The zero-order valence-corrected chi connectivity index (χ0v) is 15.2. The van der Waals surface area contributed by atoms with Gasteiger partial charge in [-0.2, -0.15) is 5.26 Å². The Morgan fingerprint density at radius 3 is 2.25 bits per heavy atom. The maximum absolute atomic E-state index is 12.5. The van der Waals surface area contributed by atoms with E-state index in [4.69, 9.17) is 5.26 Å². The molecule has 0 saturated carbocycles. The van der Waals surface area contributed by atoms with Crippen molar-refractivity contribution in [1.29, 1.82) is 5.26 Å². The Balaban J connectivity index is 2.62. The van der Waals surface area contributed by atoms with E-state index in [9.17, 15) is 9.59 Å². The van der Waals surface area contributed by atoms with E-state index in [0.717, 1.165) is 5.56 Å². The van der Waals surface area contributed by atoms with Crippen LogP contribution < -0.4 is 5.32 Å². The SMILES string of the molecule is CC(C)N(Cc1ccc(C#N)cc1)C(=O)CCNC(=O)C(C)(C)C. The molecule has 0 spiro atoms. The predicted molar refractivity (Wildman–Crippen MR) is 93.9 cm³/mol. The molecule has 1 aromatic rings. The average Bonchev–Trinajstić information content (AvgIpc) is 2.51. The van der Waals surface area contributed by atoms with Crippen LogP contribution in [0.3, 0.4) is 0 Å². The second-order valence-electron chi connectivity index (χ2n) is 7.18. The molecule has 0 unspecified atom stereocenters. The molecule has 0 radical (unpaired) electrons. The van der Waals surface area contributed by atoms with E-state index in [-0.39, 0.29) is 24.3 Å². The number of carbonyl (C=O) groups is 2. The van der Waals surface area contributed by atoms with Gasteiger partial charge < -0.3 is 10.2 Å². The van der Waals surface area contributed by atoms with Crippen molar-refractivity contribution >= 4 is 11.8 Å². The van der Waals surface area contributed by atoms with Gasteiger partial charge in [0.2, 0.25) is 11.8 Å². The highest BCUT2D eigenvalue weighted by Gasteiger charge is 2.22. The van der Waals surface area contributed by atoms with Crippen LogP contribution in [0.25, 0.3) is 0 Å². The largest absolute Gasteiger partial charge is 0.355 e. The summed E-state index contributed by atoms with van der Waals surface area (Å²) >= 11 is 0. The second kappa shape index (κ2) is 8.49. The van der Waals surface area contributed by atoms with Crippen molar-refractivity contribution in [3.05, 3.63) is 35.4 Å². The fourth-order valence-electron chi connectivity index (χ4n) is 2.13. The van der Waals surface area contributed by atoms with Gasteiger partial charge in [-0.1, -0.05) is 32.9 Å². The predicted octanol–water partition coefficient (Wildman–Crippen LogP) is 2.85. The molecular formula is C19H27N3O2. The summed E-state index contributed by atoms with van der Waals surface area (Å²) in [5, 5.41) is 11.6. The first-order valence-corrected chi connectivity index (χ1v) is 8.22. The molecule has 5 nitrogen and oxygen atoms in total. The molecule has 0 aliphatic rings. The lowest BCUT2D eigenvalue weighted by atomic mass is 9.96. The van der Waals surface area contributed by atoms with Gasteiger partial charge in [-0.3, -0.25) is 9.59 Å². The molecule has 0 saturated heterocycles. The van der Waals surface area contributed by atoms with E-state index < -0.39 is 5.41 Å². The van der Waals surface area contributed by atoms with Crippen molar-refractivity contribution < 1.29 is 9.59 Å². The number of nitrogens with one attached hydrogen (secondary N) is 1. The number of benzene rings is 1. The quantitative estimate of drug-likeness (QED) is 0.872. The van der Waals surface area contributed by atoms with Gasteiger partial charge in [-0.25, -0.2) is 0 Å². The molecule has 5 heteroatoms. The summed E-state index contributed by atoms with van der Waals surface area (Å²) in [7, 11) is 0. The summed E-state index contributed by atoms with van der Waals surface area (Å²) < 4.78 is 0. The van der Waals surface area contributed by atoms with Crippen LogP contribution >= 0.6 is 0 Å². The summed E-state index contributed by atoms with van der Waals surface area (Å²) in [5.41, 5.74) is 1.13. The summed E-state index contributed by atoms with van der Waals surface area (Å²) in [6.45, 7) is 10.3. The first-order chi connectivity index (χ1) is 11.1. The van der Waals surface area contributed by atoms with Crippen molar-refractivity contribution in [2.75, 3.05) is 6.54 Å². The Hall–Kier alpha value is -2.35. The highest BCUT2D eigenvalue weighted by molar-refractivity contribution is 5.82. The van der Waals surface area contributed by atoms with Gasteiger partial charge in [0.05, 0.1) is 11.6 Å². The molecule has 0 aliphatic heterocycles. The molecule has 0 fully saturated rings. The van der Waals surface area contributed by atoms with Crippen LogP contribution in [-0.4, -0.2) is 29.3 Å². The Labute approximate surface area is 144 Å². The summed E-state index contributed by atoms with van der Waals surface area (Å²) in [4.78, 5) is 26.1. The van der Waals surface area contributed by atoms with E-state index in [1.807, 2.05) is 46.8 Å². The van der Waals surface area contributed by atoms with Crippen molar-refractivity contribution in [2.45, 2.75) is 53.6 Å². The van der Waals surface area contributed by atoms with E-state index in [1.54, 1.807) is 17.0 Å². The van der Waals surface area contributed by atoms with Gasteiger partial charge in [-0.15, -0.1) is 0 Å². The normalized spacial score (nSPS) is 11.0. The molecule has 130 valence electrons. The van der Waals surface area contributed by atoms with Crippen LogP contribution in [0.4, 0.5) is 0 Å². The lowest BCUT2D eigenvalue weighted by Gasteiger charge is -2.27. The topological polar surface area (TPSA) is 73.2 Å². The maximum Gasteiger partial charge on any atom is 0.225 e. The van der Waals surface area contributed by atoms with Crippen LogP contribution in [0.1, 0.15) is 52.2 Å². The number of carbonyl (C=O) groups excluding carboxylic acids is 2. The second-order valence-corrected chi connectivity index (χ2v) is 7.18. The molecule has 1 aromatic carbocycles. The Morgan fingerprint density at radius 1 is 1.21 bits per heavy atom. The minimum absolute atomic E-state index is 0.00330. The van der Waals surface area contributed by atoms with E-state index in [0.29, 0.717) is 18.7 Å². The minimum atomic E-state index is -0.455. The molecule has 0 aliphatic carbocycles. The Kier molecular flexibility index (Phi) is 6.97. The summed E-state index contributed by atoms with van der Waals surface area (Å²) in [5.74, 6) is -0.0536. The van der Waals surface area contributed by atoms with Crippen molar-refractivity contribution in [2.24, 2.45) is 5.41 Å². The van der Waals surface area contributed by atoms with Crippen LogP contribution in [0.15, 0.2) is 24.3 Å². The van der Waals surface area contributed by atoms with Gasteiger partial charge in [-0.05, 0) is 31.5 Å². The standard InChI is InChI=1S/C19H27N3O2/c1-14(2)22(13-16-8-6-15(12-20)7-9-16)17(23)10-11-21-18(24)19(3,4)5/h6-9,14H,10-11,13H2,1-5H3,(H,21,24). The van der Waals surface area contributed by atoms with Crippen molar-refractivity contribution in [3.63, 3.8) is 0 Å². The van der Waals surface area contributed by atoms with Gasteiger partial charge in [0, 0.05) is 31.0 Å². The highest BCUT2D eigenvalue weighted by atomic mass is 16.2. The Morgan fingerprint density at radius 2 is 1.79 bits per heavy atom. The third-order valence-electron chi connectivity index (χ3n) is 3.69. The lowest BCUT2D eigenvalue weighted by molar-refractivity contribution is -0.133. The third kappa shape index (κ3) is 6.04. The number of hydrogen-bond donors (Lipinski definition) is 1. The number of nitrogens with zero attached hydrogens (tertiary/aromatic N) is 2. The van der Waals surface area contributed by atoms with Crippen LogP contribution in [0.5, 0.6) is 0 Å². The summed E-state index contributed by atoms with van der Waals surface area (Å²) in [6, 6.07) is 9.38. The molecule has 24 heavy (non-hydrogen) atoms. The fourth-order valence-corrected chi connectivity index (χ4v) is 2.13. The minimum Gasteiger partial charge on any atom is -0.355 e. The smallest absolute Gasteiger partial charge is 0.225 e. The number of nitriles is 1. The first kappa shape index (κ1) is 19.7. The molecule has 1 N–H and O–H groups in total. The van der Waals surface area contributed by atoms with E-state index >= 15 is 0 Å². The van der Waals surface area contributed by atoms with Crippen LogP contribution in [0.2, 0.25) is 0 Å². The van der Waals surface area contributed by atoms with Crippen LogP contribution in [0, 0.1) is 16.7 Å². The van der Waals surface area contributed by atoms with Crippen molar-refractivity contribution in [3.8, 4) is 6.07 Å². The monoisotopic (exact) mass is 329 g/mol. The lowest BCUT2D eigenvalue weighted by Crippen LogP contribution is -2.40.